The Balaban J connectivity index is 1.65. The Morgan fingerprint density at radius 3 is 2.52 bits per heavy atom. The molecule has 1 aromatic heterocycles. The Hall–Kier alpha value is -0.980. The quantitative estimate of drug-likeness (QED) is 0.884. The molecule has 4 bridgehead atoms. The highest BCUT2D eigenvalue weighted by Crippen LogP contribution is 2.56. The van der Waals surface area contributed by atoms with Gasteiger partial charge in [0.1, 0.15) is 4.90 Å². The third-order valence-corrected chi connectivity index (χ3v) is 6.97. The smallest absolute Gasteiger partial charge is 0.242 e. The van der Waals surface area contributed by atoms with Gasteiger partial charge in [0.05, 0.1) is 0 Å². The van der Waals surface area contributed by atoms with E-state index in [2.05, 4.69) is 9.71 Å². The molecule has 3 N–H and O–H groups in total. The molecule has 4 saturated carbocycles. The van der Waals surface area contributed by atoms with Crippen molar-refractivity contribution in [2.75, 3.05) is 0 Å². The molecule has 0 aliphatic heterocycles. The van der Waals surface area contributed by atoms with Crippen LogP contribution < -0.4 is 10.5 Å². The van der Waals surface area contributed by atoms with Gasteiger partial charge in [-0.05, 0) is 62.5 Å². The first-order valence-electron chi connectivity index (χ1n) is 7.61. The molecule has 2 unspecified atom stereocenters. The summed E-state index contributed by atoms with van der Waals surface area (Å²) in [5.41, 5.74) is 6.01. The predicted octanol–water partition coefficient (Wildman–Crippen LogP) is 1.41. The molecule has 1 aromatic rings. The second kappa shape index (κ2) is 4.27. The number of nitrogens with two attached hydrogens (primary N) is 1. The number of hydrogen-bond donors (Lipinski definition) is 2. The van der Waals surface area contributed by atoms with Crippen LogP contribution in [0.25, 0.3) is 0 Å². The molecule has 21 heavy (non-hydrogen) atoms. The van der Waals surface area contributed by atoms with Crippen LogP contribution in [-0.2, 0) is 10.0 Å². The van der Waals surface area contributed by atoms with Crippen molar-refractivity contribution in [2.24, 2.45) is 17.6 Å². The summed E-state index contributed by atoms with van der Waals surface area (Å²) >= 11 is 0. The summed E-state index contributed by atoms with van der Waals surface area (Å²) in [4.78, 5) is 4.16. The highest BCUT2D eigenvalue weighted by atomic mass is 32.2. The molecule has 4 aliphatic carbocycles. The molecular weight excluding hydrogens is 286 g/mol. The largest absolute Gasteiger partial charge is 0.325 e. The number of nitrogens with one attached hydrogen (secondary N) is 1. The van der Waals surface area contributed by atoms with E-state index in [0.29, 0.717) is 11.8 Å². The lowest BCUT2D eigenvalue weighted by Gasteiger charge is -2.60. The average molecular weight is 307 g/mol. The van der Waals surface area contributed by atoms with Gasteiger partial charge in [-0.3, -0.25) is 4.98 Å². The standard InChI is InChI=1S/C15H21N3O2S/c16-14-5-11-4-12(6-14)8-15(7-11,10-14)18-21(19,20)13-2-1-3-17-9-13/h1-3,9,11-12,18H,4-8,10,16H2. The van der Waals surface area contributed by atoms with Crippen molar-refractivity contribution < 1.29 is 8.42 Å². The minimum Gasteiger partial charge on any atom is -0.325 e. The van der Waals surface area contributed by atoms with Crippen molar-refractivity contribution in [2.45, 2.75) is 54.5 Å². The second-order valence-corrected chi connectivity index (χ2v) is 9.08. The lowest BCUT2D eigenvalue weighted by molar-refractivity contribution is -0.0250. The monoisotopic (exact) mass is 307 g/mol. The van der Waals surface area contributed by atoms with E-state index in [4.69, 9.17) is 5.73 Å². The molecule has 6 heteroatoms. The highest BCUT2D eigenvalue weighted by molar-refractivity contribution is 7.89. The van der Waals surface area contributed by atoms with Crippen LogP contribution in [0, 0.1) is 11.8 Å². The maximum Gasteiger partial charge on any atom is 0.242 e. The van der Waals surface area contributed by atoms with E-state index in [0.717, 1.165) is 32.1 Å². The van der Waals surface area contributed by atoms with Gasteiger partial charge in [0.15, 0.2) is 0 Å². The first-order chi connectivity index (χ1) is 9.88. The van der Waals surface area contributed by atoms with Gasteiger partial charge in [0.2, 0.25) is 10.0 Å². The molecule has 2 atom stereocenters. The Morgan fingerprint density at radius 1 is 1.24 bits per heavy atom. The zero-order valence-corrected chi connectivity index (χ0v) is 12.8. The molecule has 0 spiro atoms. The van der Waals surface area contributed by atoms with Gasteiger partial charge in [-0.1, -0.05) is 0 Å². The van der Waals surface area contributed by atoms with E-state index in [1.807, 2.05) is 0 Å². The van der Waals surface area contributed by atoms with E-state index >= 15 is 0 Å². The number of aromatic nitrogens is 1. The Bertz CT molecular complexity index is 645. The lowest BCUT2D eigenvalue weighted by atomic mass is 9.50. The Kier molecular flexibility index (Phi) is 2.78. The van der Waals surface area contributed by atoms with Crippen molar-refractivity contribution in [3.8, 4) is 0 Å². The van der Waals surface area contributed by atoms with Crippen LogP contribution in [0.15, 0.2) is 29.4 Å². The molecule has 0 amide bonds. The fraction of sp³-hybridized carbons (Fsp3) is 0.667. The average Bonchev–Trinajstić information content (AvgIpc) is 2.35. The van der Waals surface area contributed by atoms with E-state index in [9.17, 15) is 8.42 Å². The fourth-order valence-corrected chi connectivity index (χ4v) is 6.69. The third-order valence-electron chi connectivity index (χ3n) is 5.40. The van der Waals surface area contributed by atoms with Crippen molar-refractivity contribution in [3.63, 3.8) is 0 Å². The summed E-state index contributed by atoms with van der Waals surface area (Å²) in [5.74, 6) is 1.15. The Morgan fingerprint density at radius 2 is 1.95 bits per heavy atom. The molecule has 114 valence electrons. The number of pyridine rings is 1. The number of nitrogens with zero attached hydrogens (tertiary/aromatic N) is 1. The number of hydrogen-bond acceptors (Lipinski definition) is 4. The van der Waals surface area contributed by atoms with E-state index in [1.54, 1.807) is 18.3 Å². The van der Waals surface area contributed by atoms with Crippen molar-refractivity contribution in [1.82, 2.24) is 9.71 Å². The normalized spacial score (nSPS) is 41.4. The number of rotatable bonds is 3. The molecule has 4 aliphatic rings. The summed E-state index contributed by atoms with van der Waals surface area (Å²) in [6.45, 7) is 0. The summed E-state index contributed by atoms with van der Waals surface area (Å²) < 4.78 is 28.3. The highest BCUT2D eigenvalue weighted by Gasteiger charge is 2.57. The second-order valence-electron chi connectivity index (χ2n) is 7.40. The SMILES string of the molecule is NC12CC3CC(C1)CC(NS(=O)(=O)c1cccnc1)(C3)C2. The van der Waals surface area contributed by atoms with E-state index < -0.39 is 10.0 Å². The van der Waals surface area contributed by atoms with Crippen LogP contribution in [0.4, 0.5) is 0 Å². The zero-order valence-electron chi connectivity index (χ0n) is 12.0. The van der Waals surface area contributed by atoms with Crippen LogP contribution in [0.5, 0.6) is 0 Å². The molecule has 5 rings (SSSR count). The molecule has 4 fully saturated rings. The predicted molar refractivity (Wildman–Crippen MR) is 78.9 cm³/mol. The van der Waals surface area contributed by atoms with Gasteiger partial charge >= 0.3 is 0 Å². The summed E-state index contributed by atoms with van der Waals surface area (Å²) in [6, 6.07) is 3.24. The van der Waals surface area contributed by atoms with Gasteiger partial charge in [0.25, 0.3) is 0 Å². The maximum absolute atomic E-state index is 12.6. The minimum absolute atomic E-state index is 0.165. The maximum atomic E-state index is 12.6. The zero-order chi connectivity index (χ0) is 14.7. The van der Waals surface area contributed by atoms with Crippen molar-refractivity contribution in [3.05, 3.63) is 24.5 Å². The van der Waals surface area contributed by atoms with Crippen molar-refractivity contribution in [1.29, 1.82) is 0 Å². The van der Waals surface area contributed by atoms with Gasteiger partial charge in [0, 0.05) is 23.5 Å². The third kappa shape index (κ3) is 2.29. The van der Waals surface area contributed by atoms with Gasteiger partial charge < -0.3 is 5.73 Å². The summed E-state index contributed by atoms with van der Waals surface area (Å²) in [5, 5.41) is 0. The van der Waals surface area contributed by atoms with Crippen LogP contribution in [0.2, 0.25) is 0 Å². The summed E-state index contributed by atoms with van der Waals surface area (Å²) in [7, 11) is -3.52. The molecule has 0 aromatic carbocycles. The topological polar surface area (TPSA) is 85.1 Å². The van der Waals surface area contributed by atoms with E-state index in [1.165, 1.54) is 12.6 Å². The molecule has 1 heterocycles. The van der Waals surface area contributed by atoms with Crippen molar-refractivity contribution >= 4 is 10.0 Å². The summed E-state index contributed by atoms with van der Waals surface area (Å²) in [6.07, 6.45) is 8.95. The van der Waals surface area contributed by atoms with Gasteiger partial charge in [-0.25, -0.2) is 13.1 Å². The molecule has 0 saturated heterocycles. The first kappa shape index (κ1) is 13.7. The van der Waals surface area contributed by atoms with Crippen LogP contribution in [0.1, 0.15) is 38.5 Å². The first-order valence-corrected chi connectivity index (χ1v) is 9.09. The molecule has 5 nitrogen and oxygen atoms in total. The van der Waals surface area contributed by atoms with E-state index in [-0.39, 0.29) is 16.0 Å². The van der Waals surface area contributed by atoms with Crippen LogP contribution in [-0.4, -0.2) is 24.5 Å². The lowest BCUT2D eigenvalue weighted by Crippen LogP contribution is -2.68. The fourth-order valence-electron chi connectivity index (χ4n) is 5.30. The Labute approximate surface area is 125 Å². The number of sulfonamides is 1. The van der Waals surface area contributed by atoms with Crippen LogP contribution in [0.3, 0.4) is 0 Å². The molecular formula is C15H21N3O2S. The van der Waals surface area contributed by atoms with Crippen LogP contribution >= 0.6 is 0 Å². The minimum atomic E-state index is -3.52. The van der Waals surface area contributed by atoms with Gasteiger partial charge in [-0.2, -0.15) is 0 Å². The molecule has 0 radical (unpaired) electrons. The van der Waals surface area contributed by atoms with Gasteiger partial charge in [-0.15, -0.1) is 0 Å².